The van der Waals surface area contributed by atoms with Gasteiger partial charge in [0.15, 0.2) is 0 Å². The monoisotopic (exact) mass is 633 g/mol. The molecule has 1 N–H and O–H groups in total. The molecule has 0 saturated heterocycles. The van der Waals surface area contributed by atoms with Crippen LogP contribution in [0.4, 0.5) is 0 Å². The lowest BCUT2D eigenvalue weighted by molar-refractivity contribution is 0.0499. The van der Waals surface area contributed by atoms with E-state index in [1.807, 2.05) is 37.3 Å². The summed E-state index contributed by atoms with van der Waals surface area (Å²) in [5, 5.41) is 15.7. The van der Waals surface area contributed by atoms with Gasteiger partial charge in [0.1, 0.15) is 0 Å². The second kappa shape index (κ2) is 13.7. The highest BCUT2D eigenvalue weighted by atomic mass is 16.5. The molecule has 5 aromatic carbocycles. The number of carbonyl (C=O) groups is 4. The van der Waals surface area contributed by atoms with Crippen LogP contribution in [0.2, 0.25) is 0 Å². The predicted octanol–water partition coefficient (Wildman–Crippen LogP) is 9.91. The maximum atomic E-state index is 14.3. The number of esters is 1. The number of carboxylic acid groups (broad SMARTS) is 1. The number of fused-ring (bicyclic) bond motifs is 2. The molecule has 0 radical (unpaired) electrons. The number of hydrogen-bond donors (Lipinski definition) is 1. The van der Waals surface area contributed by atoms with Crippen molar-refractivity contribution >= 4 is 66.8 Å². The Hall–Kier alpha value is -4.52. The van der Waals surface area contributed by atoms with Crippen molar-refractivity contribution in [3.05, 3.63) is 70.8 Å². The lowest BCUT2D eigenvalue weighted by atomic mass is 9.82. The molecule has 0 atom stereocenters. The molecule has 0 aromatic heterocycles. The summed E-state index contributed by atoms with van der Waals surface area (Å²) in [4.78, 5) is 55.7. The predicted molar refractivity (Wildman–Crippen MR) is 187 cm³/mol. The zero-order valence-electron chi connectivity index (χ0n) is 27.6. The molecular weight excluding hydrogens is 590 g/mol. The Bertz CT molecular complexity index is 1930. The van der Waals surface area contributed by atoms with Crippen molar-refractivity contribution in [1.82, 2.24) is 4.90 Å². The van der Waals surface area contributed by atoms with Crippen molar-refractivity contribution < 1.29 is 29.0 Å². The SMILES string of the molecule is CCCCCCC(CCCCCC)N1C(=O)c2ccc3c4ccc(C(=O)O)c5c(C(=O)OCCC)ccc(c6ccc(c2c36)C1=O)c54. The van der Waals surface area contributed by atoms with Gasteiger partial charge in [-0.15, -0.1) is 0 Å². The fourth-order valence-electron chi connectivity index (χ4n) is 7.57. The lowest BCUT2D eigenvalue weighted by Gasteiger charge is -2.35. The van der Waals surface area contributed by atoms with Gasteiger partial charge >= 0.3 is 11.9 Å². The van der Waals surface area contributed by atoms with Gasteiger partial charge in [0.2, 0.25) is 0 Å². The van der Waals surface area contributed by atoms with Crippen molar-refractivity contribution in [2.45, 2.75) is 97.4 Å². The van der Waals surface area contributed by atoms with Crippen molar-refractivity contribution in [1.29, 1.82) is 0 Å². The summed E-state index contributed by atoms with van der Waals surface area (Å²) in [6.45, 7) is 6.49. The van der Waals surface area contributed by atoms with E-state index >= 15 is 0 Å². The van der Waals surface area contributed by atoms with E-state index in [9.17, 15) is 24.3 Å². The first-order valence-electron chi connectivity index (χ1n) is 17.3. The van der Waals surface area contributed by atoms with Crippen molar-refractivity contribution in [3.8, 4) is 0 Å². The highest BCUT2D eigenvalue weighted by Gasteiger charge is 2.38. The van der Waals surface area contributed by atoms with E-state index in [2.05, 4.69) is 13.8 Å². The molecule has 6 rings (SSSR count). The largest absolute Gasteiger partial charge is 0.478 e. The second-order valence-electron chi connectivity index (χ2n) is 12.9. The van der Waals surface area contributed by atoms with Gasteiger partial charge in [0, 0.05) is 27.9 Å². The molecule has 1 heterocycles. The smallest absolute Gasteiger partial charge is 0.338 e. The Balaban J connectivity index is 1.53. The molecule has 5 aromatic rings. The maximum Gasteiger partial charge on any atom is 0.338 e. The molecule has 0 bridgehead atoms. The van der Waals surface area contributed by atoms with Crippen LogP contribution in [0.1, 0.15) is 133 Å². The van der Waals surface area contributed by atoms with Gasteiger partial charge in [-0.3, -0.25) is 14.5 Å². The number of rotatable bonds is 15. The molecule has 7 heteroatoms. The number of amides is 2. The first-order chi connectivity index (χ1) is 22.8. The molecular formula is C40H43NO6. The fraction of sp³-hybridized carbons (Fsp3) is 0.400. The average Bonchev–Trinajstić information content (AvgIpc) is 3.08. The van der Waals surface area contributed by atoms with Crippen LogP contribution in [0, 0.1) is 0 Å². The van der Waals surface area contributed by atoms with Gasteiger partial charge in [0.05, 0.1) is 17.7 Å². The van der Waals surface area contributed by atoms with E-state index in [4.69, 9.17) is 4.74 Å². The number of carboxylic acids is 1. The maximum absolute atomic E-state index is 14.3. The van der Waals surface area contributed by atoms with Crippen LogP contribution in [0.15, 0.2) is 48.5 Å². The van der Waals surface area contributed by atoms with Crippen LogP contribution in [0.25, 0.3) is 43.1 Å². The third-order valence-electron chi connectivity index (χ3n) is 9.83. The summed E-state index contributed by atoms with van der Waals surface area (Å²) in [5.74, 6) is -2.18. The molecule has 244 valence electrons. The molecule has 0 spiro atoms. The summed E-state index contributed by atoms with van der Waals surface area (Å²) in [7, 11) is 0. The van der Waals surface area contributed by atoms with E-state index in [0.29, 0.717) is 33.7 Å². The van der Waals surface area contributed by atoms with E-state index in [1.165, 1.54) is 6.07 Å². The molecule has 0 fully saturated rings. The minimum absolute atomic E-state index is 0.0213. The van der Waals surface area contributed by atoms with Crippen molar-refractivity contribution in [2.75, 3.05) is 6.61 Å². The van der Waals surface area contributed by atoms with Crippen LogP contribution in [-0.4, -0.2) is 46.4 Å². The number of hydrogen-bond acceptors (Lipinski definition) is 5. The van der Waals surface area contributed by atoms with Crippen LogP contribution in [-0.2, 0) is 4.74 Å². The molecule has 7 nitrogen and oxygen atoms in total. The third-order valence-corrected chi connectivity index (χ3v) is 9.83. The van der Waals surface area contributed by atoms with Crippen molar-refractivity contribution in [3.63, 3.8) is 0 Å². The fourth-order valence-corrected chi connectivity index (χ4v) is 7.57. The number of nitrogens with zero attached hydrogens (tertiary/aromatic N) is 1. The molecule has 2 amide bonds. The molecule has 0 saturated carbocycles. The summed E-state index contributed by atoms with van der Waals surface area (Å²) < 4.78 is 5.45. The van der Waals surface area contributed by atoms with Crippen LogP contribution >= 0.6 is 0 Å². The summed E-state index contributed by atoms with van der Waals surface area (Å²) >= 11 is 0. The minimum Gasteiger partial charge on any atom is -0.478 e. The second-order valence-corrected chi connectivity index (χ2v) is 12.9. The van der Waals surface area contributed by atoms with Gasteiger partial charge in [-0.1, -0.05) is 96.4 Å². The number of aromatic carboxylic acids is 1. The van der Waals surface area contributed by atoms with Gasteiger partial charge in [-0.25, -0.2) is 9.59 Å². The Labute approximate surface area is 275 Å². The molecule has 0 aliphatic carbocycles. The van der Waals surface area contributed by atoms with Crippen LogP contribution in [0.5, 0.6) is 0 Å². The van der Waals surface area contributed by atoms with E-state index in [-0.39, 0.29) is 35.6 Å². The molecule has 1 aliphatic heterocycles. The Kier molecular flexibility index (Phi) is 9.44. The zero-order chi connectivity index (χ0) is 33.2. The number of benzene rings is 5. The number of unbranched alkanes of at least 4 members (excludes halogenated alkanes) is 6. The Morgan fingerprint density at radius 3 is 1.60 bits per heavy atom. The molecule has 0 unspecified atom stereocenters. The van der Waals surface area contributed by atoms with Gasteiger partial charge < -0.3 is 9.84 Å². The normalized spacial score (nSPS) is 13.2. The van der Waals surface area contributed by atoms with Gasteiger partial charge in [-0.2, -0.15) is 0 Å². The summed E-state index contributed by atoms with van der Waals surface area (Å²) in [6.07, 6.45) is 10.9. The van der Waals surface area contributed by atoms with E-state index < -0.39 is 11.9 Å². The molecule has 1 aliphatic rings. The van der Waals surface area contributed by atoms with E-state index in [1.54, 1.807) is 17.0 Å². The Morgan fingerprint density at radius 1 is 0.617 bits per heavy atom. The summed E-state index contributed by atoms with van der Waals surface area (Å²) in [6, 6.07) is 14.1. The lowest BCUT2D eigenvalue weighted by Crippen LogP contribution is -2.47. The highest BCUT2D eigenvalue weighted by molar-refractivity contribution is 6.39. The average molecular weight is 634 g/mol. The minimum atomic E-state index is -1.13. The number of imide groups is 1. The number of ether oxygens (including phenoxy) is 1. The first kappa shape index (κ1) is 32.4. The number of carbonyl (C=O) groups excluding carboxylic acids is 3. The third kappa shape index (κ3) is 5.60. The van der Waals surface area contributed by atoms with E-state index in [0.717, 1.165) is 91.1 Å². The topological polar surface area (TPSA) is 101 Å². The quantitative estimate of drug-likeness (QED) is 0.0405. The van der Waals surface area contributed by atoms with Crippen LogP contribution in [0.3, 0.4) is 0 Å². The zero-order valence-corrected chi connectivity index (χ0v) is 27.6. The summed E-state index contributed by atoms with van der Waals surface area (Å²) in [5.41, 5.74) is 1.27. The van der Waals surface area contributed by atoms with Crippen LogP contribution < -0.4 is 0 Å². The Morgan fingerprint density at radius 2 is 1.11 bits per heavy atom. The van der Waals surface area contributed by atoms with Gasteiger partial charge in [0.25, 0.3) is 11.8 Å². The standard InChI is InChI=1S/C40H43NO6/c1-4-7-9-11-13-24(14-12-10-8-5-2)41-37(42)29-19-15-25-27-17-21-31(39(44)45)36-32(40(46)47-23-6-3)22-18-28(34(27)36)26-16-20-30(38(41)43)35(29)33(25)26/h15-22,24H,4-14,23H2,1-3H3,(H,44,45). The highest BCUT2D eigenvalue weighted by Crippen LogP contribution is 2.45. The molecule has 47 heavy (non-hydrogen) atoms. The van der Waals surface area contributed by atoms with Gasteiger partial charge in [-0.05, 0) is 75.8 Å². The first-order valence-corrected chi connectivity index (χ1v) is 17.3. The van der Waals surface area contributed by atoms with Crippen molar-refractivity contribution in [2.24, 2.45) is 0 Å².